The topological polar surface area (TPSA) is 134 Å². The maximum Gasteiger partial charge on any atom is 0.354 e. The summed E-state index contributed by atoms with van der Waals surface area (Å²) in [6, 6.07) is 8.22. The van der Waals surface area contributed by atoms with E-state index < -0.39 is 17.3 Å². The molecule has 1 aliphatic carbocycles. The Morgan fingerprint density at radius 2 is 2.02 bits per heavy atom. The van der Waals surface area contributed by atoms with E-state index >= 15 is 8.78 Å². The van der Waals surface area contributed by atoms with Crippen LogP contribution in [0, 0.1) is 23.0 Å². The van der Waals surface area contributed by atoms with Gasteiger partial charge in [0.2, 0.25) is 0 Å². The van der Waals surface area contributed by atoms with Crippen molar-refractivity contribution >= 4 is 28.5 Å². The van der Waals surface area contributed by atoms with E-state index in [1.165, 1.54) is 30.6 Å². The van der Waals surface area contributed by atoms with Gasteiger partial charge in [0, 0.05) is 53.4 Å². The molecule has 47 heavy (non-hydrogen) atoms. The number of nitrogens with two attached hydrogens (primary N) is 1. The van der Waals surface area contributed by atoms with Crippen molar-refractivity contribution in [2.75, 3.05) is 13.7 Å². The number of halogens is 3. The summed E-state index contributed by atoms with van der Waals surface area (Å²) in [6.07, 6.45) is 9.92. The van der Waals surface area contributed by atoms with E-state index in [1.807, 2.05) is 0 Å². The predicted molar refractivity (Wildman–Crippen MR) is 182 cm³/mol. The maximum absolute atomic E-state index is 15.9. The minimum atomic E-state index is -0.621. The number of aryl methyl sites for hydroxylation is 1. The number of fused-ring (bicyclic) bond motifs is 1. The van der Waals surface area contributed by atoms with Gasteiger partial charge in [-0.2, -0.15) is 4.98 Å². The van der Waals surface area contributed by atoms with E-state index in [2.05, 4.69) is 20.6 Å². The van der Waals surface area contributed by atoms with Crippen LogP contribution in [0.1, 0.15) is 75.5 Å². The van der Waals surface area contributed by atoms with Gasteiger partial charge in [0.25, 0.3) is 0 Å². The molecule has 6 N–H and O–H groups in total. The highest BCUT2D eigenvalue weighted by atomic mass is 35.5. The summed E-state index contributed by atoms with van der Waals surface area (Å²) in [5, 5.41) is 14.7. The molecule has 2 aliphatic rings. The Kier molecular flexibility index (Phi) is 9.96. The molecule has 2 fully saturated rings. The van der Waals surface area contributed by atoms with Gasteiger partial charge in [-0.3, -0.25) is 9.98 Å². The van der Waals surface area contributed by atoms with Crippen LogP contribution < -0.4 is 26.8 Å². The van der Waals surface area contributed by atoms with Crippen molar-refractivity contribution in [3.8, 4) is 22.7 Å². The van der Waals surface area contributed by atoms with E-state index in [-0.39, 0.29) is 40.0 Å². The number of nitrogens with one attached hydrogen (secondary N) is 4. The highest BCUT2D eigenvalue weighted by Gasteiger charge is 2.29. The molecule has 250 valence electrons. The van der Waals surface area contributed by atoms with Gasteiger partial charge < -0.3 is 26.1 Å². The number of aromatic nitrogens is 3. The van der Waals surface area contributed by atoms with Gasteiger partial charge in [-0.15, -0.1) is 0 Å². The summed E-state index contributed by atoms with van der Waals surface area (Å²) in [6.45, 7) is 2.37. The number of methoxy groups -OCH3 is 1. The molecule has 2 aromatic heterocycles. The van der Waals surface area contributed by atoms with Gasteiger partial charge in [-0.1, -0.05) is 18.0 Å². The van der Waals surface area contributed by atoms with Crippen LogP contribution >= 0.6 is 11.6 Å². The molecule has 1 aliphatic heterocycles. The predicted octanol–water partition coefficient (Wildman–Crippen LogP) is 6.54. The Hall–Kier alpha value is -3.80. The Bertz CT molecular complexity index is 1840. The molecule has 1 saturated carbocycles. The largest absolute Gasteiger partial charge is 0.496 e. The van der Waals surface area contributed by atoms with Crippen LogP contribution in [-0.4, -0.2) is 46.1 Å². The lowest BCUT2D eigenvalue weighted by molar-refractivity contribution is 0.297. The maximum atomic E-state index is 15.9. The number of rotatable bonds is 12. The molecule has 0 bridgehead atoms. The summed E-state index contributed by atoms with van der Waals surface area (Å²) in [7, 11) is 1.48. The number of amidine groups is 1. The second kappa shape index (κ2) is 14.1. The molecular weight excluding hydrogens is 624 g/mol. The van der Waals surface area contributed by atoms with Crippen molar-refractivity contribution < 1.29 is 13.5 Å². The second-order valence-corrected chi connectivity index (χ2v) is 13.4. The Labute approximate surface area is 277 Å². The first-order valence-electron chi connectivity index (χ1n) is 16.4. The number of nitrogens with zero attached hydrogens (tertiary/aromatic N) is 2. The number of benzene rings is 2. The molecule has 3 heterocycles. The molecule has 9 nitrogen and oxygen atoms in total. The molecule has 0 amide bonds. The first-order chi connectivity index (χ1) is 22.6. The molecule has 2 aromatic carbocycles. The molecule has 12 heteroatoms. The number of aromatic amines is 1. The van der Waals surface area contributed by atoms with Gasteiger partial charge in [0.05, 0.1) is 29.3 Å². The minimum Gasteiger partial charge on any atom is -0.496 e. The third-order valence-electron chi connectivity index (χ3n) is 9.40. The number of hydrogen-bond donors (Lipinski definition) is 5. The zero-order chi connectivity index (χ0) is 33.2. The lowest BCUT2D eigenvalue weighted by atomic mass is 9.91. The van der Waals surface area contributed by atoms with Crippen molar-refractivity contribution in [1.82, 2.24) is 25.2 Å². The lowest BCUT2D eigenvalue weighted by Gasteiger charge is -2.32. The fourth-order valence-corrected chi connectivity index (χ4v) is 6.99. The Balaban J connectivity index is 1.25. The summed E-state index contributed by atoms with van der Waals surface area (Å²) in [5.41, 5.74) is 8.23. The minimum absolute atomic E-state index is 0.0229. The van der Waals surface area contributed by atoms with Crippen LogP contribution in [-0.2, 0) is 6.42 Å². The third kappa shape index (κ3) is 7.52. The Morgan fingerprint density at radius 1 is 1.21 bits per heavy atom. The monoisotopic (exact) mass is 665 g/mol. The van der Waals surface area contributed by atoms with Crippen molar-refractivity contribution in [1.29, 1.82) is 5.41 Å². The van der Waals surface area contributed by atoms with Gasteiger partial charge in [0.1, 0.15) is 17.2 Å². The second-order valence-electron chi connectivity index (χ2n) is 12.9. The van der Waals surface area contributed by atoms with E-state index in [0.29, 0.717) is 40.7 Å². The summed E-state index contributed by atoms with van der Waals surface area (Å²) in [5.74, 6) is 0.331. The normalized spacial score (nSPS) is 18.8. The highest BCUT2D eigenvalue weighted by molar-refractivity contribution is 6.31. The van der Waals surface area contributed by atoms with E-state index in [0.717, 1.165) is 50.5 Å². The molecule has 0 spiro atoms. The zero-order valence-corrected chi connectivity index (χ0v) is 27.5. The molecule has 0 radical (unpaired) electrons. The third-order valence-corrected chi connectivity index (χ3v) is 9.68. The first kappa shape index (κ1) is 33.1. The van der Waals surface area contributed by atoms with E-state index in [1.54, 1.807) is 37.4 Å². The molecule has 0 unspecified atom stereocenters. The van der Waals surface area contributed by atoms with Crippen molar-refractivity contribution in [2.24, 2.45) is 11.7 Å². The SMILES string of the molecule is COc1cc(-n2cc3cc(-c4cc(CCC[C@@H](N)C5CC5)cc(Cl)c4F)[nH]c3nc2=O)cc(F)c1[C@@H]1CCC[C@@H](CCNC(C)=N)N1. The molecule has 6 rings (SSSR count). The fourth-order valence-electron chi connectivity index (χ4n) is 6.75. The van der Waals surface area contributed by atoms with Crippen molar-refractivity contribution in [2.45, 2.75) is 82.8 Å². The average Bonchev–Trinajstić information content (AvgIpc) is 3.81. The van der Waals surface area contributed by atoms with Gasteiger partial charge in [0.15, 0.2) is 5.82 Å². The van der Waals surface area contributed by atoms with Crippen LogP contribution in [0.4, 0.5) is 8.78 Å². The van der Waals surface area contributed by atoms with Crippen molar-refractivity contribution in [3.05, 3.63) is 74.8 Å². The van der Waals surface area contributed by atoms with Crippen LogP contribution in [0.15, 0.2) is 41.3 Å². The first-order valence-corrected chi connectivity index (χ1v) is 16.8. The van der Waals surface area contributed by atoms with Crippen LogP contribution in [0.2, 0.25) is 5.02 Å². The van der Waals surface area contributed by atoms with Crippen LogP contribution in [0.5, 0.6) is 5.75 Å². The van der Waals surface area contributed by atoms with Gasteiger partial charge >= 0.3 is 5.69 Å². The fraction of sp³-hybridized carbons (Fsp3) is 0.457. The highest BCUT2D eigenvalue weighted by Crippen LogP contribution is 2.37. The average molecular weight is 666 g/mol. The summed E-state index contributed by atoms with van der Waals surface area (Å²) in [4.78, 5) is 20.5. The molecular formula is C35H42ClF2N7O2. The quantitative estimate of drug-likeness (QED) is 0.0862. The van der Waals surface area contributed by atoms with Gasteiger partial charge in [-0.25, -0.2) is 13.6 Å². The molecule has 3 atom stereocenters. The zero-order valence-electron chi connectivity index (χ0n) is 26.8. The van der Waals surface area contributed by atoms with Crippen LogP contribution in [0.3, 0.4) is 0 Å². The van der Waals surface area contributed by atoms with Crippen molar-refractivity contribution in [3.63, 3.8) is 0 Å². The summed E-state index contributed by atoms with van der Waals surface area (Å²) < 4.78 is 38.1. The van der Waals surface area contributed by atoms with Gasteiger partial charge in [-0.05, 0) is 94.0 Å². The standard InChI is InChI=1S/C35H42ClF2N7O2/c1-19(39)41-12-11-23-6-4-8-29(42-23)32-27(37)16-24(17-31(32)47-2)45-18-22-15-30(43-34(22)44-35(45)46)25-13-20(14-26(36)33(25)38)5-3-7-28(40)21-9-10-21/h13-18,21,23,28-29,42H,3-12,40H2,1-2H3,(H2,39,41)(H,43,44,46)/t23-,28+,29-/m0/s1. The Morgan fingerprint density at radius 3 is 2.77 bits per heavy atom. The number of piperidine rings is 1. The van der Waals surface area contributed by atoms with E-state index in [4.69, 9.17) is 27.5 Å². The van der Waals surface area contributed by atoms with E-state index in [9.17, 15) is 4.79 Å². The smallest absolute Gasteiger partial charge is 0.354 e. The lowest BCUT2D eigenvalue weighted by Crippen LogP contribution is -2.39. The molecule has 1 saturated heterocycles. The van der Waals surface area contributed by atoms with Crippen LogP contribution in [0.25, 0.3) is 28.0 Å². The number of hydrogen-bond acceptors (Lipinski definition) is 6. The molecule has 4 aromatic rings. The number of H-pyrrole nitrogens is 1. The summed E-state index contributed by atoms with van der Waals surface area (Å²) >= 11 is 6.31. The number of ether oxygens (including phenoxy) is 1.